The van der Waals surface area contributed by atoms with Gasteiger partial charge in [0.1, 0.15) is 0 Å². The molecule has 0 aliphatic heterocycles. The average molecular weight is 276 g/mol. The minimum atomic E-state index is 0.0859. The van der Waals surface area contributed by atoms with E-state index in [2.05, 4.69) is 31.9 Å². The Hall–Kier alpha value is 0.880. The van der Waals surface area contributed by atoms with Gasteiger partial charge in [-0.15, -0.1) is 0 Å². The molecule has 0 spiro atoms. The van der Waals surface area contributed by atoms with Crippen molar-refractivity contribution in [2.45, 2.75) is 11.2 Å². The molecule has 0 saturated heterocycles. The Morgan fingerprint density at radius 1 is 1.50 bits per heavy atom. The van der Waals surface area contributed by atoms with Gasteiger partial charge in [-0.2, -0.15) is 0 Å². The Morgan fingerprint density at radius 2 is 2.20 bits per heavy atom. The summed E-state index contributed by atoms with van der Waals surface area (Å²) in [5.74, 6) is 0. The molecule has 0 rings (SSSR count). The van der Waals surface area contributed by atoms with Gasteiger partial charge in [-0.1, -0.05) is 31.9 Å². The number of halogens is 2. The minimum Gasteiger partial charge on any atom is -0.395 e. The maximum atomic E-state index is 8.56. The van der Waals surface area contributed by atoms with E-state index in [4.69, 9.17) is 9.84 Å². The molecular weight excluding hydrogens is 264 g/mol. The number of ether oxygens (including phenoxy) is 1. The molecule has 2 nitrogen and oxygen atoms in total. The smallest absolute Gasteiger partial charge is 0.0613 e. The van der Waals surface area contributed by atoms with Gasteiger partial charge in [0.05, 0.1) is 18.0 Å². The molecule has 0 aromatic carbocycles. The van der Waals surface area contributed by atoms with Crippen LogP contribution in [0.3, 0.4) is 0 Å². The fraction of sp³-hybridized carbons (Fsp3) is 1.00. The summed E-state index contributed by atoms with van der Waals surface area (Å²) in [6, 6.07) is 0. The molecule has 0 aromatic heterocycles. The van der Waals surface area contributed by atoms with Gasteiger partial charge in [-0.3, -0.25) is 0 Å². The highest BCUT2D eigenvalue weighted by Crippen LogP contribution is 1.98. The lowest BCUT2D eigenvalue weighted by molar-refractivity contribution is 0.123. The Bertz CT molecular complexity index is 70.8. The first-order valence-corrected chi connectivity index (χ1v) is 5.23. The number of aliphatic hydroxyl groups excluding tert-OH is 1. The summed E-state index contributed by atoms with van der Waals surface area (Å²) < 4.78 is 5.19. The molecule has 0 aliphatic carbocycles. The topological polar surface area (TPSA) is 29.5 Å². The summed E-state index contributed by atoms with van der Waals surface area (Å²) >= 11 is 6.53. The van der Waals surface area contributed by atoms with E-state index in [1.807, 2.05) is 0 Å². The van der Waals surface area contributed by atoms with Crippen LogP contribution >= 0.6 is 31.9 Å². The second-order valence-electron chi connectivity index (χ2n) is 1.90. The van der Waals surface area contributed by atoms with E-state index in [0.717, 1.165) is 18.4 Å². The van der Waals surface area contributed by atoms with Crippen LogP contribution in [0, 0.1) is 0 Å². The van der Waals surface area contributed by atoms with Crippen molar-refractivity contribution in [2.24, 2.45) is 0 Å². The highest BCUT2D eigenvalue weighted by molar-refractivity contribution is 9.09. The van der Waals surface area contributed by atoms with Gasteiger partial charge < -0.3 is 9.84 Å². The number of hydrogen-bond acceptors (Lipinski definition) is 2. The lowest BCUT2D eigenvalue weighted by Gasteiger charge is -2.05. The van der Waals surface area contributed by atoms with Gasteiger partial charge in [0, 0.05) is 11.9 Å². The molecule has 1 unspecified atom stereocenters. The SMILES string of the molecule is OCC(Br)COCCCBr. The van der Waals surface area contributed by atoms with Gasteiger partial charge in [-0.05, 0) is 6.42 Å². The van der Waals surface area contributed by atoms with E-state index in [-0.39, 0.29) is 11.4 Å². The Morgan fingerprint density at radius 3 is 2.70 bits per heavy atom. The van der Waals surface area contributed by atoms with Crippen LogP contribution in [0.1, 0.15) is 6.42 Å². The summed E-state index contributed by atoms with van der Waals surface area (Å²) in [6.45, 7) is 1.48. The number of aliphatic hydroxyl groups is 1. The highest BCUT2D eigenvalue weighted by Gasteiger charge is 1.99. The molecular formula is C6H12Br2O2. The maximum absolute atomic E-state index is 8.56. The Labute approximate surface area is 78.2 Å². The van der Waals surface area contributed by atoms with Gasteiger partial charge >= 0.3 is 0 Å². The number of rotatable bonds is 6. The Balaban J connectivity index is 2.89. The van der Waals surface area contributed by atoms with Gasteiger partial charge in [0.25, 0.3) is 0 Å². The van der Waals surface area contributed by atoms with Crippen molar-refractivity contribution in [2.75, 3.05) is 25.2 Å². The first-order chi connectivity index (χ1) is 4.81. The van der Waals surface area contributed by atoms with E-state index < -0.39 is 0 Å². The lowest BCUT2D eigenvalue weighted by atomic mass is 10.5. The molecule has 0 heterocycles. The molecule has 0 bridgehead atoms. The van der Waals surface area contributed by atoms with Gasteiger partial charge in [0.2, 0.25) is 0 Å². The van der Waals surface area contributed by atoms with E-state index in [1.165, 1.54) is 0 Å². The third-order valence-electron chi connectivity index (χ3n) is 0.919. The average Bonchev–Trinajstić information content (AvgIpc) is 1.98. The van der Waals surface area contributed by atoms with Crippen LogP contribution in [-0.2, 0) is 4.74 Å². The van der Waals surface area contributed by atoms with E-state index in [1.54, 1.807) is 0 Å². The predicted molar refractivity (Wildman–Crippen MR) is 49.0 cm³/mol. The van der Waals surface area contributed by atoms with Crippen molar-refractivity contribution in [3.05, 3.63) is 0 Å². The van der Waals surface area contributed by atoms with E-state index in [0.29, 0.717) is 6.61 Å². The second-order valence-corrected chi connectivity index (χ2v) is 3.99. The zero-order valence-electron chi connectivity index (χ0n) is 5.72. The van der Waals surface area contributed by atoms with Crippen LogP contribution in [0.25, 0.3) is 0 Å². The predicted octanol–water partition coefficient (Wildman–Crippen LogP) is 1.54. The monoisotopic (exact) mass is 274 g/mol. The zero-order valence-corrected chi connectivity index (χ0v) is 8.90. The molecule has 0 fully saturated rings. The normalized spacial score (nSPS) is 13.5. The first-order valence-electron chi connectivity index (χ1n) is 3.20. The molecule has 0 amide bonds. The molecule has 62 valence electrons. The zero-order chi connectivity index (χ0) is 7.82. The molecule has 0 aliphatic rings. The quantitative estimate of drug-likeness (QED) is 0.589. The summed E-state index contributed by atoms with van der Waals surface area (Å²) in [5.41, 5.74) is 0. The van der Waals surface area contributed by atoms with Crippen LogP contribution in [-0.4, -0.2) is 35.1 Å². The minimum absolute atomic E-state index is 0.0859. The third-order valence-corrected chi connectivity index (χ3v) is 2.03. The number of alkyl halides is 2. The van der Waals surface area contributed by atoms with Crippen molar-refractivity contribution in [3.8, 4) is 0 Å². The largest absolute Gasteiger partial charge is 0.395 e. The standard InChI is InChI=1S/C6H12Br2O2/c7-2-1-3-10-5-6(8)4-9/h6,9H,1-5H2. The molecule has 4 heteroatoms. The van der Waals surface area contributed by atoms with Crippen LogP contribution in [0.15, 0.2) is 0 Å². The van der Waals surface area contributed by atoms with Gasteiger partial charge in [-0.25, -0.2) is 0 Å². The maximum Gasteiger partial charge on any atom is 0.0613 e. The second kappa shape index (κ2) is 7.98. The third kappa shape index (κ3) is 6.99. The van der Waals surface area contributed by atoms with Crippen LogP contribution in [0.4, 0.5) is 0 Å². The fourth-order valence-corrected chi connectivity index (χ4v) is 0.836. The van der Waals surface area contributed by atoms with Crippen LogP contribution in [0.2, 0.25) is 0 Å². The number of hydrogen-bond donors (Lipinski definition) is 1. The lowest BCUT2D eigenvalue weighted by Crippen LogP contribution is -2.13. The molecule has 10 heavy (non-hydrogen) atoms. The van der Waals surface area contributed by atoms with Crippen molar-refractivity contribution >= 4 is 31.9 Å². The van der Waals surface area contributed by atoms with E-state index in [9.17, 15) is 0 Å². The summed E-state index contributed by atoms with van der Waals surface area (Å²) in [5, 5.41) is 9.53. The summed E-state index contributed by atoms with van der Waals surface area (Å²) in [6.07, 6.45) is 1.02. The van der Waals surface area contributed by atoms with Crippen LogP contribution < -0.4 is 0 Å². The van der Waals surface area contributed by atoms with E-state index >= 15 is 0 Å². The fourth-order valence-electron chi connectivity index (χ4n) is 0.421. The van der Waals surface area contributed by atoms with Crippen molar-refractivity contribution in [1.82, 2.24) is 0 Å². The first kappa shape index (κ1) is 10.9. The summed E-state index contributed by atoms with van der Waals surface area (Å²) in [7, 11) is 0. The molecule has 1 atom stereocenters. The molecule has 1 N–H and O–H groups in total. The molecule has 0 saturated carbocycles. The summed E-state index contributed by atoms with van der Waals surface area (Å²) in [4.78, 5) is 0.0859. The Kier molecular flexibility index (Phi) is 8.68. The van der Waals surface area contributed by atoms with Crippen molar-refractivity contribution in [3.63, 3.8) is 0 Å². The van der Waals surface area contributed by atoms with Gasteiger partial charge in [0.15, 0.2) is 0 Å². The van der Waals surface area contributed by atoms with Crippen molar-refractivity contribution in [1.29, 1.82) is 0 Å². The molecule has 0 radical (unpaired) electrons. The molecule has 0 aromatic rings. The highest BCUT2D eigenvalue weighted by atomic mass is 79.9. The van der Waals surface area contributed by atoms with Crippen LogP contribution in [0.5, 0.6) is 0 Å². The van der Waals surface area contributed by atoms with Crippen molar-refractivity contribution < 1.29 is 9.84 Å².